The number of aryl methyl sites for hydroxylation is 1. The van der Waals surface area contributed by atoms with E-state index in [1.54, 1.807) is 20.8 Å². The number of amides is 1. The lowest BCUT2D eigenvalue weighted by Crippen LogP contribution is -2.30. The van der Waals surface area contributed by atoms with E-state index >= 15 is 0 Å². The highest BCUT2D eigenvalue weighted by Crippen LogP contribution is 2.36. The highest BCUT2D eigenvalue weighted by molar-refractivity contribution is 7.89. The number of sulfonamides is 1. The van der Waals surface area contributed by atoms with E-state index in [2.05, 4.69) is 5.32 Å². The van der Waals surface area contributed by atoms with E-state index in [4.69, 9.17) is 4.74 Å². The van der Waals surface area contributed by atoms with Crippen LogP contribution in [0.15, 0.2) is 58.8 Å². The molecule has 0 atom stereocenters. The molecule has 34 heavy (non-hydrogen) atoms. The Labute approximate surface area is 204 Å². The van der Waals surface area contributed by atoms with Gasteiger partial charge in [0.25, 0.3) is 5.91 Å². The van der Waals surface area contributed by atoms with Crippen molar-refractivity contribution in [1.29, 1.82) is 0 Å². The van der Waals surface area contributed by atoms with Crippen molar-refractivity contribution in [1.82, 2.24) is 4.31 Å². The number of nitrogens with zero attached hydrogens (tertiary/aromatic N) is 1. The number of nitrogens with one attached hydrogen (secondary N) is 1. The molecule has 0 aliphatic heterocycles. The van der Waals surface area contributed by atoms with Crippen molar-refractivity contribution in [2.45, 2.75) is 32.6 Å². The normalized spacial score (nSPS) is 11.4. The van der Waals surface area contributed by atoms with Gasteiger partial charge in [-0.15, -0.1) is 11.3 Å². The van der Waals surface area contributed by atoms with E-state index in [-0.39, 0.29) is 17.1 Å². The van der Waals surface area contributed by atoms with Crippen LogP contribution in [-0.4, -0.2) is 44.3 Å². The van der Waals surface area contributed by atoms with Gasteiger partial charge in [0.05, 0.1) is 11.5 Å². The van der Waals surface area contributed by atoms with Crippen LogP contribution in [0.4, 0.5) is 5.00 Å². The Hall–Kier alpha value is -3.01. The van der Waals surface area contributed by atoms with E-state index in [9.17, 15) is 18.0 Å². The van der Waals surface area contributed by atoms with Gasteiger partial charge in [0.1, 0.15) is 10.6 Å². The second kappa shape index (κ2) is 10.9. The van der Waals surface area contributed by atoms with Crippen LogP contribution in [-0.2, 0) is 14.8 Å². The minimum atomic E-state index is -3.61. The highest BCUT2D eigenvalue weighted by Gasteiger charge is 2.24. The summed E-state index contributed by atoms with van der Waals surface area (Å²) in [5, 5.41) is 4.98. The number of ether oxygens (including phenoxy) is 1. The summed E-state index contributed by atoms with van der Waals surface area (Å²) >= 11 is 1.23. The van der Waals surface area contributed by atoms with Gasteiger partial charge in [-0.2, -0.15) is 4.31 Å². The lowest BCUT2D eigenvalue weighted by molar-refractivity contribution is 0.0529. The van der Waals surface area contributed by atoms with Gasteiger partial charge in [-0.1, -0.05) is 43.7 Å². The highest BCUT2D eigenvalue weighted by atomic mass is 32.2. The zero-order valence-electron chi connectivity index (χ0n) is 19.6. The molecule has 180 valence electrons. The van der Waals surface area contributed by atoms with Crippen LogP contribution in [0.25, 0.3) is 11.1 Å². The second-order valence-corrected chi connectivity index (χ2v) is 10.3. The maximum Gasteiger partial charge on any atom is 0.341 e. The summed E-state index contributed by atoms with van der Waals surface area (Å²) in [4.78, 5) is 25.8. The van der Waals surface area contributed by atoms with Gasteiger partial charge < -0.3 is 10.1 Å². The van der Waals surface area contributed by atoms with E-state index in [0.29, 0.717) is 29.2 Å². The lowest BCUT2D eigenvalue weighted by Gasteiger charge is -2.18. The number of rotatable bonds is 9. The minimum absolute atomic E-state index is 0.123. The molecule has 0 bridgehead atoms. The third-order valence-electron chi connectivity index (χ3n) is 5.32. The zero-order valence-corrected chi connectivity index (χ0v) is 21.3. The Kier molecular flexibility index (Phi) is 8.24. The summed E-state index contributed by atoms with van der Waals surface area (Å²) in [6.45, 7) is 8.18. The maximum absolute atomic E-state index is 12.9. The fourth-order valence-electron chi connectivity index (χ4n) is 3.47. The predicted molar refractivity (Wildman–Crippen MR) is 135 cm³/mol. The predicted octanol–water partition coefficient (Wildman–Crippen LogP) is 5.18. The van der Waals surface area contributed by atoms with Crippen molar-refractivity contribution >= 4 is 38.2 Å². The molecule has 0 unspecified atom stereocenters. The first-order chi connectivity index (χ1) is 16.2. The molecular formula is C25H28N2O5S2. The summed E-state index contributed by atoms with van der Waals surface area (Å²) in [6.07, 6.45) is 0. The fraction of sp³-hybridized carbons (Fsp3) is 0.280. The number of anilines is 1. The molecule has 0 saturated carbocycles. The molecule has 1 aromatic heterocycles. The Balaban J connectivity index is 1.90. The molecule has 0 saturated heterocycles. The van der Waals surface area contributed by atoms with Gasteiger partial charge in [0.15, 0.2) is 0 Å². The van der Waals surface area contributed by atoms with Gasteiger partial charge >= 0.3 is 5.97 Å². The van der Waals surface area contributed by atoms with Crippen molar-refractivity contribution in [3.8, 4) is 11.1 Å². The largest absolute Gasteiger partial charge is 0.462 e. The average Bonchev–Trinajstić information content (AvgIpc) is 3.24. The quantitative estimate of drug-likeness (QED) is 0.409. The molecule has 7 nitrogen and oxygen atoms in total. The van der Waals surface area contributed by atoms with Gasteiger partial charge in [-0.3, -0.25) is 4.79 Å². The Bertz CT molecular complexity index is 1260. The van der Waals surface area contributed by atoms with Crippen molar-refractivity contribution in [2.24, 2.45) is 0 Å². The molecule has 2 aromatic carbocycles. The molecule has 0 spiro atoms. The first kappa shape index (κ1) is 25.6. The zero-order chi connectivity index (χ0) is 24.9. The summed E-state index contributed by atoms with van der Waals surface area (Å²) in [7, 11) is -3.61. The number of carbonyl (C=O) groups is 2. The van der Waals surface area contributed by atoms with Gasteiger partial charge in [0.2, 0.25) is 10.0 Å². The summed E-state index contributed by atoms with van der Waals surface area (Å²) in [6, 6.07) is 13.5. The summed E-state index contributed by atoms with van der Waals surface area (Å²) in [5.74, 6) is -0.968. The number of hydrogen-bond donors (Lipinski definition) is 1. The number of carbonyl (C=O) groups excluding carboxylic acids is 2. The first-order valence-corrected chi connectivity index (χ1v) is 13.3. The third kappa shape index (κ3) is 5.38. The van der Waals surface area contributed by atoms with Crippen LogP contribution in [0.1, 0.15) is 47.1 Å². The van der Waals surface area contributed by atoms with E-state index < -0.39 is 21.9 Å². The maximum atomic E-state index is 12.9. The molecule has 3 aromatic rings. The van der Waals surface area contributed by atoms with Gasteiger partial charge in [-0.05, 0) is 43.7 Å². The number of hydrogen-bond acceptors (Lipinski definition) is 6. The standard InChI is InChI=1S/C25H28N2O5S2/c1-5-27(6-2)34(30,31)20-14-12-19(13-15-20)23(28)26-24-22(25(29)32-7-3)21(16-33-24)18-10-8-17(4)9-11-18/h8-16H,5-7H2,1-4H3,(H,26,28). The molecular weight excluding hydrogens is 472 g/mol. The molecule has 0 aliphatic carbocycles. The molecule has 1 N–H and O–H groups in total. The van der Waals surface area contributed by atoms with E-state index in [1.807, 2.05) is 36.6 Å². The number of benzene rings is 2. The van der Waals surface area contributed by atoms with E-state index in [1.165, 1.54) is 39.9 Å². The molecule has 1 amide bonds. The summed E-state index contributed by atoms with van der Waals surface area (Å²) in [5.41, 5.74) is 3.19. The van der Waals surface area contributed by atoms with Crippen molar-refractivity contribution in [3.63, 3.8) is 0 Å². The molecule has 9 heteroatoms. The molecule has 3 rings (SSSR count). The topological polar surface area (TPSA) is 92.8 Å². The molecule has 1 heterocycles. The monoisotopic (exact) mass is 500 g/mol. The fourth-order valence-corrected chi connectivity index (χ4v) is 5.88. The molecule has 0 radical (unpaired) electrons. The Morgan fingerprint density at radius 1 is 0.971 bits per heavy atom. The van der Waals surface area contributed by atoms with Gasteiger partial charge in [-0.25, -0.2) is 13.2 Å². The smallest absolute Gasteiger partial charge is 0.341 e. The first-order valence-electron chi connectivity index (χ1n) is 11.0. The third-order valence-corrected chi connectivity index (χ3v) is 8.28. The van der Waals surface area contributed by atoms with Crippen LogP contribution in [0.3, 0.4) is 0 Å². The number of thiophene rings is 1. The average molecular weight is 501 g/mol. The Morgan fingerprint density at radius 2 is 1.59 bits per heavy atom. The van der Waals surface area contributed by atoms with Crippen molar-refractivity contribution in [3.05, 3.63) is 70.6 Å². The van der Waals surface area contributed by atoms with Crippen molar-refractivity contribution in [2.75, 3.05) is 25.0 Å². The van der Waals surface area contributed by atoms with Crippen LogP contribution >= 0.6 is 11.3 Å². The van der Waals surface area contributed by atoms with Crippen LogP contribution in [0.5, 0.6) is 0 Å². The van der Waals surface area contributed by atoms with Crippen LogP contribution < -0.4 is 5.32 Å². The SMILES string of the molecule is CCOC(=O)c1c(-c2ccc(C)cc2)csc1NC(=O)c1ccc(S(=O)(=O)N(CC)CC)cc1. The van der Waals surface area contributed by atoms with Crippen LogP contribution in [0.2, 0.25) is 0 Å². The molecule has 0 aliphatic rings. The number of esters is 1. The Morgan fingerprint density at radius 3 is 2.15 bits per heavy atom. The minimum Gasteiger partial charge on any atom is -0.462 e. The van der Waals surface area contributed by atoms with E-state index in [0.717, 1.165) is 11.1 Å². The molecule has 0 fully saturated rings. The van der Waals surface area contributed by atoms with Gasteiger partial charge in [0, 0.05) is 29.6 Å². The second-order valence-electron chi connectivity index (χ2n) is 7.51. The van der Waals surface area contributed by atoms with Crippen LogP contribution in [0, 0.1) is 6.92 Å². The summed E-state index contributed by atoms with van der Waals surface area (Å²) < 4.78 is 32.0. The van der Waals surface area contributed by atoms with Crippen molar-refractivity contribution < 1.29 is 22.7 Å². The lowest BCUT2D eigenvalue weighted by atomic mass is 10.0.